The minimum Gasteiger partial charge on any atom is -0.379 e. The number of hydrogen-bond donors (Lipinski definition) is 1. The van der Waals surface area contributed by atoms with Crippen molar-refractivity contribution in [1.29, 1.82) is 0 Å². The van der Waals surface area contributed by atoms with E-state index in [1.807, 2.05) is 37.6 Å². The Hall–Kier alpha value is -2.84. The zero-order valence-electron chi connectivity index (χ0n) is 16.4. The SMILES string of the molecule is Cn1cc(-c2ccc3cnc(NC(=O)C4CC(N5CCOCC5)C4)nc3c2)cn1. The van der Waals surface area contributed by atoms with Gasteiger partial charge in [0.05, 0.1) is 24.9 Å². The van der Waals surface area contributed by atoms with Crippen LogP contribution >= 0.6 is 0 Å². The van der Waals surface area contributed by atoms with Gasteiger partial charge < -0.3 is 4.74 Å². The van der Waals surface area contributed by atoms with Crippen LogP contribution in [0.4, 0.5) is 5.95 Å². The first-order valence-corrected chi connectivity index (χ1v) is 10.0. The highest BCUT2D eigenvalue weighted by Crippen LogP contribution is 2.33. The third kappa shape index (κ3) is 3.73. The average Bonchev–Trinajstić information content (AvgIpc) is 3.13. The molecule has 1 aliphatic heterocycles. The van der Waals surface area contributed by atoms with E-state index in [-0.39, 0.29) is 11.8 Å². The lowest BCUT2D eigenvalue weighted by Gasteiger charge is -2.43. The first-order chi connectivity index (χ1) is 14.2. The predicted octanol–water partition coefficient (Wildman–Crippen LogP) is 2.08. The second-order valence-electron chi connectivity index (χ2n) is 7.83. The number of anilines is 1. The number of aryl methyl sites for hydroxylation is 1. The molecule has 0 radical (unpaired) electrons. The molecule has 0 atom stereocenters. The summed E-state index contributed by atoms with van der Waals surface area (Å²) in [6.07, 6.45) is 7.33. The standard InChI is InChI=1S/C21H24N6O2/c1-26-13-17(12-23-26)14-2-3-15-11-22-21(24-19(15)10-14)25-20(28)16-8-18(9-16)27-4-6-29-7-5-27/h2-3,10-13,16,18H,4-9H2,1H3,(H,22,24,25,28). The zero-order valence-corrected chi connectivity index (χ0v) is 16.4. The van der Waals surface area contributed by atoms with E-state index in [1.165, 1.54) is 0 Å². The van der Waals surface area contributed by atoms with E-state index in [0.29, 0.717) is 12.0 Å². The maximum absolute atomic E-state index is 12.6. The fraction of sp³-hybridized carbons (Fsp3) is 0.429. The largest absolute Gasteiger partial charge is 0.379 e. The Labute approximate surface area is 168 Å². The Morgan fingerprint density at radius 1 is 1.17 bits per heavy atom. The molecule has 1 N–H and O–H groups in total. The number of carbonyl (C=O) groups is 1. The number of benzene rings is 1. The van der Waals surface area contributed by atoms with Crippen LogP contribution in [0, 0.1) is 5.92 Å². The van der Waals surface area contributed by atoms with E-state index >= 15 is 0 Å². The predicted molar refractivity (Wildman–Crippen MR) is 109 cm³/mol. The summed E-state index contributed by atoms with van der Waals surface area (Å²) in [5, 5.41) is 8.06. The molecule has 8 nitrogen and oxygen atoms in total. The van der Waals surface area contributed by atoms with Crippen LogP contribution in [0.2, 0.25) is 0 Å². The normalized spacial score (nSPS) is 22.4. The molecule has 0 bridgehead atoms. The minimum absolute atomic E-state index is 0.0114. The van der Waals surface area contributed by atoms with Crippen molar-refractivity contribution in [1.82, 2.24) is 24.6 Å². The van der Waals surface area contributed by atoms with Crippen molar-refractivity contribution in [3.8, 4) is 11.1 Å². The summed E-state index contributed by atoms with van der Waals surface area (Å²) >= 11 is 0. The zero-order chi connectivity index (χ0) is 19.8. The Bertz CT molecular complexity index is 1040. The highest BCUT2D eigenvalue weighted by Gasteiger charge is 2.38. The molecule has 1 aliphatic carbocycles. The van der Waals surface area contributed by atoms with Gasteiger partial charge in [-0.15, -0.1) is 0 Å². The van der Waals surface area contributed by atoms with Crippen LogP contribution in [0.25, 0.3) is 22.0 Å². The molecule has 0 spiro atoms. The van der Waals surface area contributed by atoms with E-state index < -0.39 is 0 Å². The minimum atomic E-state index is 0.0114. The highest BCUT2D eigenvalue weighted by molar-refractivity contribution is 5.93. The van der Waals surface area contributed by atoms with Crippen LogP contribution in [0.1, 0.15) is 12.8 Å². The Balaban J connectivity index is 1.26. The number of hydrogen-bond acceptors (Lipinski definition) is 6. The Morgan fingerprint density at radius 2 is 2.00 bits per heavy atom. The van der Waals surface area contributed by atoms with E-state index in [0.717, 1.165) is 61.2 Å². The summed E-state index contributed by atoms with van der Waals surface area (Å²) in [6.45, 7) is 3.51. The summed E-state index contributed by atoms with van der Waals surface area (Å²) in [6, 6.07) is 6.51. The molecule has 29 heavy (non-hydrogen) atoms. The maximum atomic E-state index is 12.6. The molecule has 1 aromatic carbocycles. The number of rotatable bonds is 4. The first kappa shape index (κ1) is 18.2. The van der Waals surface area contributed by atoms with Gasteiger partial charge in [-0.2, -0.15) is 5.10 Å². The highest BCUT2D eigenvalue weighted by atomic mass is 16.5. The number of aromatic nitrogens is 4. The second kappa shape index (κ2) is 7.53. The Kier molecular flexibility index (Phi) is 4.73. The van der Waals surface area contributed by atoms with Gasteiger partial charge in [0, 0.05) is 55.4 Å². The molecule has 2 fully saturated rings. The lowest BCUT2D eigenvalue weighted by Crippen LogP contribution is -2.52. The van der Waals surface area contributed by atoms with Crippen LogP contribution in [0.3, 0.4) is 0 Å². The third-order valence-corrected chi connectivity index (χ3v) is 5.90. The molecular weight excluding hydrogens is 368 g/mol. The molecule has 1 amide bonds. The molecule has 2 aliphatic rings. The van der Waals surface area contributed by atoms with Gasteiger partial charge in [-0.3, -0.25) is 19.7 Å². The van der Waals surface area contributed by atoms with Crippen molar-refractivity contribution in [2.24, 2.45) is 13.0 Å². The summed E-state index contributed by atoms with van der Waals surface area (Å²) in [7, 11) is 1.89. The number of nitrogens with one attached hydrogen (secondary N) is 1. The van der Waals surface area contributed by atoms with Gasteiger partial charge in [-0.1, -0.05) is 12.1 Å². The molecule has 150 valence electrons. The van der Waals surface area contributed by atoms with Crippen LogP contribution in [0.15, 0.2) is 36.8 Å². The summed E-state index contributed by atoms with van der Waals surface area (Å²) < 4.78 is 7.17. The fourth-order valence-electron chi connectivity index (χ4n) is 4.09. The number of amides is 1. The molecule has 0 unspecified atom stereocenters. The van der Waals surface area contributed by atoms with Crippen LogP contribution < -0.4 is 5.32 Å². The second-order valence-corrected chi connectivity index (χ2v) is 7.83. The van der Waals surface area contributed by atoms with Gasteiger partial charge in [0.15, 0.2) is 0 Å². The number of fused-ring (bicyclic) bond motifs is 1. The van der Waals surface area contributed by atoms with Crippen molar-refractivity contribution >= 4 is 22.8 Å². The van der Waals surface area contributed by atoms with Gasteiger partial charge in [0.2, 0.25) is 11.9 Å². The number of carbonyl (C=O) groups excluding carboxylic acids is 1. The molecule has 5 rings (SSSR count). The summed E-state index contributed by atoms with van der Waals surface area (Å²) in [5.74, 6) is 0.404. The summed E-state index contributed by atoms with van der Waals surface area (Å²) in [4.78, 5) is 23.9. The van der Waals surface area contributed by atoms with Gasteiger partial charge in [-0.05, 0) is 24.5 Å². The average molecular weight is 392 g/mol. The van der Waals surface area contributed by atoms with Crippen molar-refractivity contribution in [3.63, 3.8) is 0 Å². The van der Waals surface area contributed by atoms with Gasteiger partial charge in [0.25, 0.3) is 0 Å². The van der Waals surface area contributed by atoms with Crippen molar-refractivity contribution in [2.75, 3.05) is 31.6 Å². The lowest BCUT2D eigenvalue weighted by molar-refractivity contribution is -0.125. The van der Waals surface area contributed by atoms with Gasteiger partial charge >= 0.3 is 0 Å². The van der Waals surface area contributed by atoms with Crippen molar-refractivity contribution < 1.29 is 9.53 Å². The number of ether oxygens (including phenoxy) is 1. The molecular formula is C21H24N6O2. The molecule has 3 heterocycles. The van der Waals surface area contributed by atoms with Crippen LogP contribution in [0.5, 0.6) is 0 Å². The molecule has 1 saturated carbocycles. The smallest absolute Gasteiger partial charge is 0.229 e. The third-order valence-electron chi connectivity index (χ3n) is 5.90. The van der Waals surface area contributed by atoms with E-state index in [9.17, 15) is 4.79 Å². The Morgan fingerprint density at radius 3 is 2.76 bits per heavy atom. The first-order valence-electron chi connectivity index (χ1n) is 10.0. The van der Waals surface area contributed by atoms with Crippen LogP contribution in [-0.4, -0.2) is 62.9 Å². The fourth-order valence-corrected chi connectivity index (χ4v) is 4.09. The van der Waals surface area contributed by atoms with E-state index in [2.05, 4.69) is 25.3 Å². The summed E-state index contributed by atoms with van der Waals surface area (Å²) in [5.41, 5.74) is 2.87. The molecule has 3 aromatic rings. The molecule has 2 aromatic heterocycles. The monoisotopic (exact) mass is 392 g/mol. The quantitative estimate of drug-likeness (QED) is 0.732. The maximum Gasteiger partial charge on any atom is 0.229 e. The van der Waals surface area contributed by atoms with E-state index in [1.54, 1.807) is 10.9 Å². The number of morpholine rings is 1. The van der Waals surface area contributed by atoms with E-state index in [4.69, 9.17) is 4.74 Å². The van der Waals surface area contributed by atoms with Gasteiger partial charge in [0.1, 0.15) is 0 Å². The van der Waals surface area contributed by atoms with Crippen LogP contribution in [-0.2, 0) is 16.6 Å². The number of nitrogens with zero attached hydrogens (tertiary/aromatic N) is 5. The van der Waals surface area contributed by atoms with Crippen molar-refractivity contribution in [3.05, 3.63) is 36.8 Å². The molecule has 1 saturated heterocycles. The molecule has 8 heteroatoms. The lowest BCUT2D eigenvalue weighted by atomic mass is 9.78. The topological polar surface area (TPSA) is 85.2 Å². The van der Waals surface area contributed by atoms with Crippen molar-refractivity contribution in [2.45, 2.75) is 18.9 Å². The van der Waals surface area contributed by atoms with Gasteiger partial charge in [-0.25, -0.2) is 9.97 Å².